The topological polar surface area (TPSA) is 29.5 Å². The molecule has 0 unspecified atom stereocenters. The number of rotatable bonds is 6. The molecule has 0 aromatic rings. The lowest BCUT2D eigenvalue weighted by molar-refractivity contribution is -0.222. The van der Waals surface area contributed by atoms with Gasteiger partial charge in [-0.2, -0.15) is 0 Å². The van der Waals surface area contributed by atoms with Gasteiger partial charge >= 0.3 is 0 Å². The van der Waals surface area contributed by atoms with Crippen LogP contribution in [0.4, 0.5) is 0 Å². The minimum atomic E-state index is -0.497. The highest BCUT2D eigenvalue weighted by Crippen LogP contribution is 2.69. The van der Waals surface area contributed by atoms with Gasteiger partial charge in [-0.15, -0.1) is 0 Å². The molecule has 30 heavy (non-hydrogen) atoms. The van der Waals surface area contributed by atoms with E-state index in [1.54, 1.807) is 0 Å². The highest BCUT2D eigenvalue weighted by Gasteiger charge is 2.64. The van der Waals surface area contributed by atoms with Crippen molar-refractivity contribution in [2.45, 2.75) is 123 Å². The summed E-state index contributed by atoms with van der Waals surface area (Å²) in [6.07, 6.45) is 15.6. The maximum Gasteiger partial charge on any atom is 0.0728 e. The van der Waals surface area contributed by atoms with Crippen LogP contribution in [0.2, 0.25) is 0 Å². The van der Waals surface area contributed by atoms with Gasteiger partial charge < -0.3 is 9.84 Å². The monoisotopic (exact) mass is 418 g/mol. The first-order chi connectivity index (χ1) is 14.1. The third-order valence-electron chi connectivity index (χ3n) is 11.3. The molecular formula is C28H50O2. The Morgan fingerprint density at radius 2 is 1.67 bits per heavy atom. The van der Waals surface area contributed by atoms with Crippen LogP contribution in [0, 0.1) is 46.3 Å². The Morgan fingerprint density at radius 3 is 2.37 bits per heavy atom. The Hall–Kier alpha value is -0.0800. The van der Waals surface area contributed by atoms with E-state index in [9.17, 15) is 5.11 Å². The Bertz CT molecular complexity index is 601. The van der Waals surface area contributed by atoms with Crippen molar-refractivity contribution in [2.75, 3.05) is 7.11 Å². The van der Waals surface area contributed by atoms with E-state index in [4.69, 9.17) is 4.74 Å². The second-order valence-corrected chi connectivity index (χ2v) is 13.0. The number of aliphatic hydroxyl groups is 1. The van der Waals surface area contributed by atoms with Gasteiger partial charge in [0.15, 0.2) is 0 Å². The van der Waals surface area contributed by atoms with Crippen molar-refractivity contribution in [3.8, 4) is 0 Å². The Labute approximate surface area is 186 Å². The van der Waals surface area contributed by atoms with Gasteiger partial charge in [-0.3, -0.25) is 0 Å². The van der Waals surface area contributed by atoms with Gasteiger partial charge in [-0.25, -0.2) is 0 Å². The van der Waals surface area contributed by atoms with Crippen LogP contribution >= 0.6 is 0 Å². The third-order valence-corrected chi connectivity index (χ3v) is 11.3. The second kappa shape index (κ2) is 8.36. The molecule has 2 nitrogen and oxygen atoms in total. The van der Waals surface area contributed by atoms with Gasteiger partial charge in [-0.05, 0) is 97.7 Å². The van der Waals surface area contributed by atoms with Crippen LogP contribution in [0.25, 0.3) is 0 Å². The van der Waals surface area contributed by atoms with E-state index in [2.05, 4.69) is 34.6 Å². The number of hydrogen-bond donors (Lipinski definition) is 1. The predicted octanol–water partition coefficient (Wildman–Crippen LogP) is 7.24. The highest BCUT2D eigenvalue weighted by atomic mass is 16.5. The number of fused-ring (bicyclic) bond motifs is 5. The summed E-state index contributed by atoms with van der Waals surface area (Å²) in [6, 6.07) is 0. The van der Waals surface area contributed by atoms with E-state index in [-0.39, 0.29) is 11.5 Å². The molecule has 0 spiro atoms. The molecule has 4 aliphatic carbocycles. The normalized spacial score (nSPS) is 49.4. The van der Waals surface area contributed by atoms with Crippen LogP contribution in [0.3, 0.4) is 0 Å². The fraction of sp³-hybridized carbons (Fsp3) is 1.00. The zero-order valence-corrected chi connectivity index (χ0v) is 20.9. The molecule has 9 atom stereocenters. The zero-order chi connectivity index (χ0) is 21.7. The van der Waals surface area contributed by atoms with Crippen LogP contribution in [-0.2, 0) is 4.74 Å². The lowest BCUT2D eigenvalue weighted by atomic mass is 9.43. The molecule has 2 heteroatoms. The van der Waals surface area contributed by atoms with Crippen LogP contribution in [0.1, 0.15) is 112 Å². The summed E-state index contributed by atoms with van der Waals surface area (Å²) in [6.45, 7) is 12.4. The summed E-state index contributed by atoms with van der Waals surface area (Å²) in [5.74, 6) is 5.12. The van der Waals surface area contributed by atoms with Gasteiger partial charge in [0.2, 0.25) is 0 Å². The van der Waals surface area contributed by atoms with E-state index >= 15 is 0 Å². The van der Waals surface area contributed by atoms with Crippen LogP contribution in [0.5, 0.6) is 0 Å². The minimum absolute atomic E-state index is 0.104. The maximum absolute atomic E-state index is 11.8. The molecule has 0 bridgehead atoms. The summed E-state index contributed by atoms with van der Waals surface area (Å²) < 4.78 is 5.70. The molecule has 0 aromatic heterocycles. The minimum Gasteiger partial charge on any atom is -0.389 e. The van der Waals surface area contributed by atoms with Gasteiger partial charge in [0.05, 0.1) is 11.7 Å². The summed E-state index contributed by atoms with van der Waals surface area (Å²) in [4.78, 5) is 0. The van der Waals surface area contributed by atoms with E-state index < -0.39 is 5.60 Å². The average molecular weight is 419 g/mol. The first-order valence-corrected chi connectivity index (χ1v) is 13.4. The van der Waals surface area contributed by atoms with Crippen LogP contribution < -0.4 is 0 Å². The van der Waals surface area contributed by atoms with E-state index in [0.29, 0.717) is 5.41 Å². The van der Waals surface area contributed by atoms with Crippen molar-refractivity contribution < 1.29 is 9.84 Å². The Balaban J connectivity index is 1.48. The molecule has 0 heterocycles. The molecule has 0 radical (unpaired) electrons. The summed E-state index contributed by atoms with van der Waals surface area (Å²) in [5.41, 5.74) is 0.157. The molecule has 4 aliphatic rings. The molecule has 0 aliphatic heterocycles. The standard InChI is InChI=1S/C28H50O2/c1-19(2)8-7-9-20(3)23-10-11-24-22-13-17-28(29)18-21(30-6)12-16-27(28,5)25(22)14-15-26(23,24)4/h19-25,29H,7-18H2,1-6H3/t20-,21-,22+,23-,24-,25-,26+,27-,28-/m1/s1. The second-order valence-electron chi connectivity index (χ2n) is 13.0. The van der Waals surface area contributed by atoms with E-state index in [1.165, 1.54) is 51.4 Å². The molecule has 1 N–H and O–H groups in total. The quantitative estimate of drug-likeness (QED) is 0.492. The molecule has 0 saturated heterocycles. The van der Waals surface area contributed by atoms with Gasteiger partial charge in [0.25, 0.3) is 0 Å². The van der Waals surface area contributed by atoms with Crippen molar-refractivity contribution in [1.82, 2.24) is 0 Å². The predicted molar refractivity (Wildman–Crippen MR) is 125 cm³/mol. The van der Waals surface area contributed by atoms with Crippen molar-refractivity contribution >= 4 is 0 Å². The third kappa shape index (κ3) is 3.60. The van der Waals surface area contributed by atoms with Gasteiger partial charge in [0, 0.05) is 13.5 Å². The molecule has 174 valence electrons. The van der Waals surface area contributed by atoms with Crippen molar-refractivity contribution in [3.63, 3.8) is 0 Å². The largest absolute Gasteiger partial charge is 0.389 e. The molecule has 4 rings (SSSR count). The van der Waals surface area contributed by atoms with Crippen molar-refractivity contribution in [2.24, 2.45) is 46.3 Å². The first kappa shape index (κ1) is 23.1. The van der Waals surface area contributed by atoms with Gasteiger partial charge in [0.1, 0.15) is 0 Å². The Kier molecular flexibility index (Phi) is 6.44. The molecule has 4 saturated carbocycles. The van der Waals surface area contributed by atoms with Crippen molar-refractivity contribution in [3.05, 3.63) is 0 Å². The summed E-state index contributed by atoms with van der Waals surface area (Å²) in [5, 5.41) is 11.8. The fourth-order valence-corrected chi connectivity index (χ4v) is 9.44. The lowest BCUT2D eigenvalue weighted by Gasteiger charge is -2.64. The van der Waals surface area contributed by atoms with E-state index in [1.807, 2.05) is 7.11 Å². The molecule has 0 aromatic carbocycles. The first-order valence-electron chi connectivity index (χ1n) is 13.4. The SMILES string of the molecule is CO[C@@H]1CC[C@]2(C)[C@@H]3CC[C@]4(C)[C@H](CC[C@@H]4[C@H](C)CCCC(C)C)[C@@H]3CC[C@@]2(O)C1. The maximum atomic E-state index is 11.8. The molecule has 0 amide bonds. The van der Waals surface area contributed by atoms with E-state index in [0.717, 1.165) is 61.2 Å². The number of ether oxygens (including phenoxy) is 1. The van der Waals surface area contributed by atoms with Crippen LogP contribution in [0.15, 0.2) is 0 Å². The van der Waals surface area contributed by atoms with Gasteiger partial charge in [-0.1, -0.05) is 53.9 Å². The smallest absolute Gasteiger partial charge is 0.0728 e. The molecule has 4 fully saturated rings. The Morgan fingerprint density at radius 1 is 0.900 bits per heavy atom. The van der Waals surface area contributed by atoms with Crippen LogP contribution in [-0.4, -0.2) is 23.9 Å². The number of hydrogen-bond acceptors (Lipinski definition) is 2. The average Bonchev–Trinajstić information content (AvgIpc) is 3.05. The highest BCUT2D eigenvalue weighted by molar-refractivity contribution is 5.14. The lowest BCUT2D eigenvalue weighted by Crippen LogP contribution is -2.63. The summed E-state index contributed by atoms with van der Waals surface area (Å²) in [7, 11) is 1.83. The summed E-state index contributed by atoms with van der Waals surface area (Å²) >= 11 is 0. The zero-order valence-electron chi connectivity index (χ0n) is 20.9. The van der Waals surface area contributed by atoms with Crippen molar-refractivity contribution in [1.29, 1.82) is 0 Å². The molecular weight excluding hydrogens is 368 g/mol. The fourth-order valence-electron chi connectivity index (χ4n) is 9.44. The number of methoxy groups -OCH3 is 1.